The van der Waals surface area contributed by atoms with Crippen LogP contribution in [0.15, 0.2) is 30.3 Å². The Hall–Kier alpha value is -1.17. The minimum absolute atomic E-state index is 0.526. The Morgan fingerprint density at radius 3 is 2.35 bits per heavy atom. The molecule has 0 heterocycles. The van der Waals surface area contributed by atoms with E-state index in [-0.39, 0.29) is 0 Å². The summed E-state index contributed by atoms with van der Waals surface area (Å²) in [6.45, 7) is 5.33. The van der Waals surface area contributed by atoms with Crippen LogP contribution in [0.25, 0.3) is 6.08 Å². The van der Waals surface area contributed by atoms with E-state index in [4.69, 9.17) is 16.7 Å². The fraction of sp³-hybridized carbons (Fsp3) is 0.357. The van der Waals surface area contributed by atoms with Gasteiger partial charge in [0.2, 0.25) is 0 Å². The first kappa shape index (κ1) is 16.9. The van der Waals surface area contributed by atoms with Crippen molar-refractivity contribution in [2.75, 3.05) is 0 Å². The third-order valence-electron chi connectivity index (χ3n) is 2.41. The topological polar surface area (TPSA) is 66.4 Å². The Morgan fingerprint density at radius 2 is 1.90 bits per heavy atom. The van der Waals surface area contributed by atoms with Gasteiger partial charge in [0.05, 0.1) is 15.7 Å². The van der Waals surface area contributed by atoms with Gasteiger partial charge in [0.1, 0.15) is 6.04 Å². The van der Waals surface area contributed by atoms with Crippen LogP contribution in [0.5, 0.6) is 0 Å². The van der Waals surface area contributed by atoms with Crippen LogP contribution in [0.3, 0.4) is 0 Å². The molecule has 0 saturated carbocycles. The van der Waals surface area contributed by atoms with E-state index >= 15 is 0 Å². The Bertz CT molecular complexity index is 520. The number of carboxylic acids is 1. The smallest absolute Gasteiger partial charge is 0.325 e. The predicted octanol–water partition coefficient (Wildman–Crippen LogP) is 2.86. The Kier molecular flexibility index (Phi) is 5.92. The number of halogens is 1. The highest BCUT2D eigenvalue weighted by Gasteiger charge is 2.24. The Balaban J connectivity index is 2.80. The molecule has 0 aliphatic carbocycles. The maximum atomic E-state index is 11.9. The normalized spacial score (nSPS) is 15.2. The van der Waals surface area contributed by atoms with Gasteiger partial charge in [-0.15, -0.1) is 0 Å². The molecule has 1 unspecified atom stereocenters. The first-order valence-electron chi connectivity index (χ1n) is 6.05. The van der Waals surface area contributed by atoms with Crippen molar-refractivity contribution < 1.29 is 14.1 Å². The summed E-state index contributed by atoms with van der Waals surface area (Å²) < 4.78 is 14.0. The molecule has 0 radical (unpaired) electrons. The molecule has 0 aliphatic heterocycles. The second kappa shape index (κ2) is 7.02. The van der Waals surface area contributed by atoms with E-state index in [0.29, 0.717) is 5.02 Å². The molecule has 0 aliphatic rings. The van der Waals surface area contributed by atoms with E-state index < -0.39 is 27.7 Å². The quantitative estimate of drug-likeness (QED) is 0.878. The minimum atomic E-state index is -1.45. The van der Waals surface area contributed by atoms with Crippen LogP contribution < -0.4 is 4.72 Å². The lowest BCUT2D eigenvalue weighted by Gasteiger charge is -2.20. The Labute approximate surface area is 126 Å². The molecule has 6 heteroatoms. The number of carbonyl (C=O) groups is 1. The van der Waals surface area contributed by atoms with E-state index in [1.54, 1.807) is 51.1 Å². The van der Waals surface area contributed by atoms with Gasteiger partial charge in [-0.3, -0.25) is 4.79 Å². The third kappa shape index (κ3) is 5.45. The number of rotatable bonds is 5. The average molecular weight is 316 g/mol. The van der Waals surface area contributed by atoms with Crippen LogP contribution >= 0.6 is 11.6 Å². The van der Waals surface area contributed by atoms with Crippen molar-refractivity contribution in [3.63, 3.8) is 0 Å². The second-order valence-electron chi connectivity index (χ2n) is 5.23. The zero-order valence-electron chi connectivity index (χ0n) is 11.6. The number of hydrogen-bond donors (Lipinski definition) is 2. The largest absolute Gasteiger partial charge is 0.480 e. The molecule has 20 heavy (non-hydrogen) atoms. The minimum Gasteiger partial charge on any atom is -0.480 e. The number of nitrogens with one attached hydrogen (secondary N) is 1. The first-order chi connectivity index (χ1) is 9.20. The summed E-state index contributed by atoms with van der Waals surface area (Å²) in [6, 6.07) is 5.98. The van der Waals surface area contributed by atoms with Crippen molar-refractivity contribution in [1.82, 2.24) is 4.72 Å². The van der Waals surface area contributed by atoms with Crippen LogP contribution in [-0.4, -0.2) is 26.1 Å². The molecule has 2 N–H and O–H groups in total. The highest BCUT2D eigenvalue weighted by Crippen LogP contribution is 2.12. The lowest BCUT2D eigenvalue weighted by atomic mass is 10.2. The van der Waals surface area contributed by atoms with Crippen LogP contribution in [-0.2, 0) is 15.8 Å². The molecule has 110 valence electrons. The van der Waals surface area contributed by atoms with Crippen LogP contribution in [0.2, 0.25) is 5.02 Å². The van der Waals surface area contributed by atoms with Crippen molar-refractivity contribution in [2.24, 2.45) is 0 Å². The van der Waals surface area contributed by atoms with Crippen molar-refractivity contribution in [3.8, 4) is 0 Å². The van der Waals surface area contributed by atoms with Crippen LogP contribution in [0.4, 0.5) is 0 Å². The van der Waals surface area contributed by atoms with Gasteiger partial charge in [0.15, 0.2) is 0 Å². The molecule has 4 nitrogen and oxygen atoms in total. The lowest BCUT2D eigenvalue weighted by molar-refractivity contribution is -0.137. The standard InChI is InChI=1S/C14H18ClNO3S/c1-14(2,3)20(19)16-12(13(17)18)9-6-10-4-7-11(15)8-5-10/h4-9,12,16H,1-3H3,(H,17,18)/b9-6+/t12-,20?/m0/s1. The van der Waals surface area contributed by atoms with Crippen LogP contribution in [0.1, 0.15) is 26.3 Å². The summed E-state index contributed by atoms with van der Waals surface area (Å²) >= 11 is 5.77. The number of carboxylic acid groups (broad SMARTS) is 1. The van der Waals surface area contributed by atoms with Crippen molar-refractivity contribution in [2.45, 2.75) is 31.6 Å². The van der Waals surface area contributed by atoms with Crippen molar-refractivity contribution in [1.29, 1.82) is 0 Å². The number of hydrogen-bond acceptors (Lipinski definition) is 2. The fourth-order valence-electron chi connectivity index (χ4n) is 1.25. The Morgan fingerprint density at radius 1 is 1.35 bits per heavy atom. The van der Waals surface area contributed by atoms with Gasteiger partial charge in [0, 0.05) is 5.02 Å². The number of benzene rings is 1. The SMILES string of the molecule is CC(C)(C)S(=O)N[C@@H](/C=C/c1ccc(Cl)cc1)C(=O)O. The third-order valence-corrected chi connectivity index (χ3v) is 4.24. The van der Waals surface area contributed by atoms with E-state index in [9.17, 15) is 9.00 Å². The van der Waals surface area contributed by atoms with Gasteiger partial charge < -0.3 is 5.11 Å². The summed E-state index contributed by atoms with van der Waals surface area (Å²) in [5, 5.41) is 9.76. The maximum absolute atomic E-state index is 11.9. The lowest BCUT2D eigenvalue weighted by Crippen LogP contribution is -2.42. The average Bonchev–Trinajstić information content (AvgIpc) is 2.34. The second-order valence-corrected chi connectivity index (χ2v) is 7.66. The highest BCUT2D eigenvalue weighted by molar-refractivity contribution is 7.84. The molecule has 0 spiro atoms. The monoisotopic (exact) mass is 315 g/mol. The summed E-state index contributed by atoms with van der Waals surface area (Å²) in [5.41, 5.74) is 0.823. The molecule has 2 atom stereocenters. The zero-order chi connectivity index (χ0) is 15.3. The maximum Gasteiger partial charge on any atom is 0.325 e. The van der Waals surface area contributed by atoms with Crippen LogP contribution in [0, 0.1) is 0 Å². The molecular formula is C14H18ClNO3S. The molecule has 0 saturated heterocycles. The molecular weight excluding hydrogens is 298 g/mol. The predicted molar refractivity (Wildman–Crippen MR) is 82.9 cm³/mol. The van der Waals surface area contributed by atoms with Gasteiger partial charge in [-0.05, 0) is 38.5 Å². The summed E-state index contributed by atoms with van der Waals surface area (Å²) in [4.78, 5) is 11.2. The van der Waals surface area contributed by atoms with E-state index in [1.165, 1.54) is 6.08 Å². The zero-order valence-corrected chi connectivity index (χ0v) is 13.2. The molecule has 1 rings (SSSR count). The summed E-state index contributed by atoms with van der Waals surface area (Å²) in [7, 11) is -1.45. The summed E-state index contributed by atoms with van der Waals surface area (Å²) in [5.74, 6) is -1.08. The first-order valence-corrected chi connectivity index (χ1v) is 7.57. The molecule has 1 aromatic rings. The van der Waals surface area contributed by atoms with Gasteiger partial charge in [-0.1, -0.05) is 35.9 Å². The molecule has 1 aromatic carbocycles. The van der Waals surface area contributed by atoms with Gasteiger partial charge in [-0.2, -0.15) is 0 Å². The van der Waals surface area contributed by atoms with E-state index in [2.05, 4.69) is 4.72 Å². The van der Waals surface area contributed by atoms with Gasteiger partial charge in [0.25, 0.3) is 0 Å². The van der Waals surface area contributed by atoms with E-state index in [0.717, 1.165) is 5.56 Å². The van der Waals surface area contributed by atoms with Gasteiger partial charge >= 0.3 is 5.97 Å². The highest BCUT2D eigenvalue weighted by atomic mass is 35.5. The number of aliphatic carboxylic acids is 1. The molecule has 0 aromatic heterocycles. The van der Waals surface area contributed by atoms with Crippen molar-refractivity contribution in [3.05, 3.63) is 40.9 Å². The van der Waals surface area contributed by atoms with Crippen molar-refractivity contribution >= 4 is 34.6 Å². The van der Waals surface area contributed by atoms with Gasteiger partial charge in [-0.25, -0.2) is 8.93 Å². The molecule has 0 amide bonds. The van der Waals surface area contributed by atoms with E-state index in [1.807, 2.05) is 0 Å². The summed E-state index contributed by atoms with van der Waals surface area (Å²) in [6.07, 6.45) is 3.12. The molecule has 0 bridgehead atoms. The fourth-order valence-corrected chi connectivity index (χ4v) is 2.13. The molecule has 0 fully saturated rings.